The number of hydrogen-bond acceptors (Lipinski definition) is 5. The van der Waals surface area contributed by atoms with Crippen LogP contribution in [0, 0.1) is 13.8 Å². The van der Waals surface area contributed by atoms with Crippen LogP contribution in [0.4, 0.5) is 5.13 Å². The number of carbonyl (C=O) groups is 1. The Bertz CT molecular complexity index is 1050. The van der Waals surface area contributed by atoms with Gasteiger partial charge in [0.1, 0.15) is 5.56 Å². The molecule has 3 heterocycles. The zero-order chi connectivity index (χ0) is 16.0. The molecule has 114 valence electrons. The molecular weight excluding hydrogens is 310 g/mol. The Kier molecular flexibility index (Phi) is 3.09. The average Bonchev–Trinajstić information content (AvgIpc) is 3.07. The molecule has 23 heavy (non-hydrogen) atoms. The Hall–Kier alpha value is -2.80. The van der Waals surface area contributed by atoms with Crippen molar-refractivity contribution < 1.29 is 4.79 Å². The monoisotopic (exact) mass is 323 g/mol. The third-order valence-electron chi connectivity index (χ3n) is 3.64. The van der Waals surface area contributed by atoms with Crippen LogP contribution < -0.4 is 5.32 Å². The molecule has 0 unspecified atom stereocenters. The zero-order valence-corrected chi connectivity index (χ0v) is 13.4. The molecule has 0 aliphatic rings. The molecule has 0 saturated carbocycles. The Morgan fingerprint density at radius 2 is 2.13 bits per heavy atom. The summed E-state index contributed by atoms with van der Waals surface area (Å²) in [6, 6.07) is 7.77. The maximum atomic E-state index is 12.6. The molecule has 0 fully saturated rings. The van der Waals surface area contributed by atoms with E-state index in [0.29, 0.717) is 22.0 Å². The molecule has 3 aromatic heterocycles. The highest BCUT2D eigenvalue weighted by molar-refractivity contribution is 7.22. The minimum atomic E-state index is -0.243. The predicted molar refractivity (Wildman–Crippen MR) is 90.0 cm³/mol. The number of carbonyl (C=O) groups excluding carboxylic acids is 1. The number of amides is 1. The maximum Gasteiger partial charge on any atom is 0.263 e. The first-order chi connectivity index (χ1) is 11.1. The van der Waals surface area contributed by atoms with E-state index in [1.54, 1.807) is 29.9 Å². The van der Waals surface area contributed by atoms with E-state index in [4.69, 9.17) is 0 Å². The lowest BCUT2D eigenvalue weighted by Crippen LogP contribution is -2.13. The van der Waals surface area contributed by atoms with Gasteiger partial charge in [-0.15, -0.1) is 0 Å². The smallest absolute Gasteiger partial charge is 0.263 e. The molecule has 1 amide bonds. The molecule has 0 aliphatic carbocycles. The number of aromatic nitrogens is 4. The van der Waals surface area contributed by atoms with Crippen molar-refractivity contribution in [1.82, 2.24) is 19.6 Å². The van der Waals surface area contributed by atoms with E-state index < -0.39 is 0 Å². The van der Waals surface area contributed by atoms with Crippen molar-refractivity contribution in [3.8, 4) is 0 Å². The van der Waals surface area contributed by atoms with Gasteiger partial charge in [-0.2, -0.15) is 5.10 Å². The highest BCUT2D eigenvalue weighted by Gasteiger charge is 2.19. The molecule has 0 bridgehead atoms. The van der Waals surface area contributed by atoms with Crippen molar-refractivity contribution in [3.63, 3.8) is 0 Å². The van der Waals surface area contributed by atoms with Crippen LogP contribution in [0.2, 0.25) is 0 Å². The largest absolute Gasteiger partial charge is 0.298 e. The molecular formula is C16H13N5OS. The summed E-state index contributed by atoms with van der Waals surface area (Å²) in [5.74, 6) is -0.243. The van der Waals surface area contributed by atoms with Crippen molar-refractivity contribution >= 4 is 38.2 Å². The van der Waals surface area contributed by atoms with Crippen LogP contribution in [0.15, 0.2) is 36.7 Å². The van der Waals surface area contributed by atoms with E-state index >= 15 is 0 Å². The summed E-state index contributed by atoms with van der Waals surface area (Å²) in [6.07, 6.45) is 3.42. The van der Waals surface area contributed by atoms with Crippen molar-refractivity contribution in [3.05, 3.63) is 53.5 Å². The van der Waals surface area contributed by atoms with Crippen LogP contribution >= 0.6 is 11.3 Å². The molecule has 0 aliphatic heterocycles. The van der Waals surface area contributed by atoms with E-state index in [1.807, 2.05) is 25.1 Å². The lowest BCUT2D eigenvalue weighted by molar-refractivity contribution is 0.102. The summed E-state index contributed by atoms with van der Waals surface area (Å²) in [4.78, 5) is 21.4. The summed E-state index contributed by atoms with van der Waals surface area (Å²) in [5.41, 5.74) is 3.66. The highest BCUT2D eigenvalue weighted by Crippen LogP contribution is 2.28. The minimum absolute atomic E-state index is 0.243. The molecule has 1 N–H and O–H groups in total. The fourth-order valence-corrected chi connectivity index (χ4v) is 3.50. The van der Waals surface area contributed by atoms with E-state index in [0.717, 1.165) is 15.8 Å². The summed E-state index contributed by atoms with van der Waals surface area (Å²) < 4.78 is 2.65. The third kappa shape index (κ3) is 2.25. The van der Waals surface area contributed by atoms with Crippen molar-refractivity contribution in [2.75, 3.05) is 5.32 Å². The van der Waals surface area contributed by atoms with Gasteiger partial charge in [0.25, 0.3) is 5.91 Å². The summed E-state index contributed by atoms with van der Waals surface area (Å²) in [7, 11) is 0. The van der Waals surface area contributed by atoms with Crippen LogP contribution in [0.5, 0.6) is 0 Å². The second kappa shape index (κ2) is 5.13. The molecule has 6 nitrogen and oxygen atoms in total. The lowest BCUT2D eigenvalue weighted by Gasteiger charge is -2.00. The summed E-state index contributed by atoms with van der Waals surface area (Å²) in [6.45, 7) is 3.80. The SMILES string of the molecule is Cc1nn2cccnc2c1C(=O)Nc1nc2c(C)cccc2s1. The van der Waals surface area contributed by atoms with E-state index in [1.165, 1.54) is 11.3 Å². The first-order valence-corrected chi connectivity index (χ1v) is 7.92. The van der Waals surface area contributed by atoms with Gasteiger partial charge in [-0.05, 0) is 31.5 Å². The van der Waals surface area contributed by atoms with Gasteiger partial charge in [-0.3, -0.25) is 10.1 Å². The molecule has 4 rings (SSSR count). The highest BCUT2D eigenvalue weighted by atomic mass is 32.1. The average molecular weight is 323 g/mol. The van der Waals surface area contributed by atoms with Gasteiger partial charge in [-0.25, -0.2) is 14.5 Å². The second-order valence-corrected chi connectivity index (χ2v) is 6.27. The van der Waals surface area contributed by atoms with E-state index in [9.17, 15) is 4.79 Å². The molecule has 0 atom stereocenters. The number of hydrogen-bond donors (Lipinski definition) is 1. The Balaban J connectivity index is 1.73. The summed E-state index contributed by atoms with van der Waals surface area (Å²) >= 11 is 1.46. The zero-order valence-electron chi connectivity index (χ0n) is 12.6. The number of fused-ring (bicyclic) bond motifs is 2. The molecule has 0 spiro atoms. The topological polar surface area (TPSA) is 72.2 Å². The molecule has 0 saturated heterocycles. The summed E-state index contributed by atoms with van der Waals surface area (Å²) in [5, 5.41) is 7.76. The fourth-order valence-electron chi connectivity index (χ4n) is 2.56. The van der Waals surface area contributed by atoms with Gasteiger partial charge < -0.3 is 0 Å². The minimum Gasteiger partial charge on any atom is -0.298 e. The molecule has 1 aromatic carbocycles. The number of rotatable bonds is 2. The van der Waals surface area contributed by atoms with Gasteiger partial charge in [0.15, 0.2) is 10.8 Å². The molecule has 0 radical (unpaired) electrons. The van der Waals surface area contributed by atoms with Gasteiger partial charge >= 0.3 is 0 Å². The second-order valence-electron chi connectivity index (χ2n) is 5.24. The van der Waals surface area contributed by atoms with Crippen molar-refractivity contribution in [2.45, 2.75) is 13.8 Å². The Morgan fingerprint density at radius 3 is 2.96 bits per heavy atom. The Labute approximate surface area is 135 Å². The normalized spacial score (nSPS) is 11.2. The van der Waals surface area contributed by atoms with Crippen molar-refractivity contribution in [2.24, 2.45) is 0 Å². The first-order valence-electron chi connectivity index (χ1n) is 7.11. The quantitative estimate of drug-likeness (QED) is 0.615. The maximum absolute atomic E-state index is 12.6. The van der Waals surface area contributed by atoms with Gasteiger partial charge in [0.2, 0.25) is 0 Å². The standard InChI is InChI=1S/C16H13N5OS/c1-9-5-3-6-11-13(9)18-16(23-11)19-15(22)12-10(2)20-21-8-4-7-17-14(12)21/h3-8H,1-2H3,(H,18,19,22). The molecule has 4 aromatic rings. The lowest BCUT2D eigenvalue weighted by atomic mass is 10.2. The first kappa shape index (κ1) is 13.8. The van der Waals surface area contributed by atoms with Gasteiger partial charge in [0.05, 0.1) is 15.9 Å². The number of para-hydroxylation sites is 1. The van der Waals surface area contributed by atoms with Crippen LogP contribution in [0.1, 0.15) is 21.6 Å². The van der Waals surface area contributed by atoms with Crippen LogP contribution in [-0.4, -0.2) is 25.5 Å². The predicted octanol–water partition coefficient (Wildman–Crippen LogP) is 3.21. The van der Waals surface area contributed by atoms with Crippen LogP contribution in [-0.2, 0) is 0 Å². The van der Waals surface area contributed by atoms with Crippen LogP contribution in [0.25, 0.3) is 15.9 Å². The van der Waals surface area contributed by atoms with Gasteiger partial charge in [0, 0.05) is 12.4 Å². The van der Waals surface area contributed by atoms with Gasteiger partial charge in [-0.1, -0.05) is 23.5 Å². The number of nitrogens with zero attached hydrogens (tertiary/aromatic N) is 4. The number of nitrogens with one attached hydrogen (secondary N) is 1. The van der Waals surface area contributed by atoms with Crippen molar-refractivity contribution in [1.29, 1.82) is 0 Å². The number of anilines is 1. The third-order valence-corrected chi connectivity index (χ3v) is 4.57. The molecule has 7 heteroatoms. The van der Waals surface area contributed by atoms with E-state index in [-0.39, 0.29) is 5.91 Å². The van der Waals surface area contributed by atoms with E-state index in [2.05, 4.69) is 20.4 Å². The number of benzene rings is 1. The van der Waals surface area contributed by atoms with Crippen LogP contribution in [0.3, 0.4) is 0 Å². The fraction of sp³-hybridized carbons (Fsp3) is 0.125. The Morgan fingerprint density at radius 1 is 1.26 bits per heavy atom. The number of thiazole rings is 1. The number of aryl methyl sites for hydroxylation is 2.